The van der Waals surface area contributed by atoms with Gasteiger partial charge >= 0.3 is 0 Å². The number of hydrogen-bond donors (Lipinski definition) is 2. The number of alkyl halides is 1. The maximum atomic E-state index is 12.0. The van der Waals surface area contributed by atoms with Gasteiger partial charge in [0.15, 0.2) is 0 Å². The first-order valence-corrected chi connectivity index (χ1v) is 6.83. The van der Waals surface area contributed by atoms with Crippen LogP contribution >= 0.6 is 11.3 Å². The molecular weight excluding hydrogens is 285 g/mol. The molecule has 1 aromatic heterocycles. The number of hydrogen-bond acceptors (Lipinski definition) is 6. The van der Waals surface area contributed by atoms with Gasteiger partial charge in [0.25, 0.3) is 0 Å². The number of nitrogens with two attached hydrogens (primary N) is 2. The van der Waals surface area contributed by atoms with Crippen LogP contribution in [-0.4, -0.2) is 56.2 Å². The predicted molar refractivity (Wildman–Crippen MR) is 76.8 cm³/mol. The summed E-state index contributed by atoms with van der Waals surface area (Å²) in [4.78, 5) is 20.9. The fraction of sp³-hybridized carbons (Fsp3) is 0.545. The first-order valence-electron chi connectivity index (χ1n) is 5.89. The third kappa shape index (κ3) is 5.10. The van der Waals surface area contributed by atoms with Crippen LogP contribution in [0.2, 0.25) is 0 Å². The van der Waals surface area contributed by atoms with Crippen molar-refractivity contribution in [2.24, 2.45) is 16.5 Å². The maximum absolute atomic E-state index is 12.0. The second-order valence-corrected chi connectivity index (χ2v) is 4.68. The molecule has 1 heterocycles. The summed E-state index contributed by atoms with van der Waals surface area (Å²) in [6, 6.07) is -0.625. The molecule has 0 spiro atoms. The lowest BCUT2D eigenvalue weighted by molar-refractivity contribution is -0.120. The third-order valence-corrected chi connectivity index (χ3v) is 3.11. The van der Waals surface area contributed by atoms with Gasteiger partial charge in [-0.25, -0.2) is 9.37 Å². The Hall–Kier alpha value is -1.74. The number of anilines is 1. The molecule has 7 nitrogen and oxygen atoms in total. The van der Waals surface area contributed by atoms with Crippen molar-refractivity contribution in [2.75, 3.05) is 38.4 Å². The summed E-state index contributed by atoms with van der Waals surface area (Å²) in [6.45, 7) is -0.206. The predicted octanol–water partition coefficient (Wildman–Crippen LogP) is -0.223. The van der Waals surface area contributed by atoms with Gasteiger partial charge in [0.1, 0.15) is 24.4 Å². The second-order valence-electron chi connectivity index (χ2n) is 3.96. The number of amides is 1. The van der Waals surface area contributed by atoms with Crippen molar-refractivity contribution in [2.45, 2.75) is 6.04 Å². The molecule has 0 saturated carbocycles. The monoisotopic (exact) mass is 303 g/mol. The first kappa shape index (κ1) is 16.3. The van der Waals surface area contributed by atoms with Crippen molar-refractivity contribution in [1.29, 1.82) is 0 Å². The van der Waals surface area contributed by atoms with Crippen molar-refractivity contribution in [3.63, 3.8) is 0 Å². The minimum absolute atomic E-state index is 0.0698. The van der Waals surface area contributed by atoms with Gasteiger partial charge in [-0.1, -0.05) is 0 Å². The lowest BCUT2D eigenvalue weighted by Crippen LogP contribution is -2.46. The molecule has 0 fully saturated rings. The van der Waals surface area contributed by atoms with E-state index in [1.165, 1.54) is 11.3 Å². The van der Waals surface area contributed by atoms with Gasteiger partial charge in [-0.05, 0) is 0 Å². The third-order valence-electron chi connectivity index (χ3n) is 2.54. The number of aromatic nitrogens is 1. The van der Waals surface area contributed by atoms with Crippen LogP contribution in [0.4, 0.5) is 10.2 Å². The number of nitrogens with zero attached hydrogens (tertiary/aromatic N) is 3. The van der Waals surface area contributed by atoms with Gasteiger partial charge in [-0.2, -0.15) is 0 Å². The fourth-order valence-electron chi connectivity index (χ4n) is 1.42. The molecule has 0 aliphatic carbocycles. The Bertz CT molecular complexity index is 440. The minimum atomic E-state index is -0.781. The molecule has 4 N–H and O–H groups in total. The summed E-state index contributed by atoms with van der Waals surface area (Å²) in [5, 5.41) is 1.81. The van der Waals surface area contributed by atoms with Gasteiger partial charge in [0.05, 0.1) is 25.3 Å². The molecule has 112 valence electrons. The van der Waals surface area contributed by atoms with Crippen LogP contribution in [-0.2, 0) is 9.53 Å². The Labute approximate surface area is 120 Å². The van der Waals surface area contributed by atoms with Crippen LogP contribution in [0.1, 0.15) is 0 Å². The summed E-state index contributed by atoms with van der Waals surface area (Å²) in [6.07, 6.45) is 0. The number of halogens is 1. The smallest absolute Gasteiger partial charge is 0.242 e. The molecule has 0 aliphatic rings. The molecule has 0 radical (unpaired) electrons. The van der Waals surface area contributed by atoms with Crippen LogP contribution in [0.15, 0.2) is 15.9 Å². The average molecular weight is 303 g/mol. The molecule has 0 unspecified atom stereocenters. The first-order chi connectivity index (χ1) is 9.56. The molecular formula is C11H18FN5O2S. The topological polar surface area (TPSA) is 107 Å². The number of likely N-dealkylation sites (N-methyl/N-ethyl adjacent to an activating group) is 1. The Morgan fingerprint density at radius 1 is 1.65 bits per heavy atom. The summed E-state index contributed by atoms with van der Waals surface area (Å²) in [7, 11) is 1.72. The van der Waals surface area contributed by atoms with Crippen LogP contribution < -0.4 is 16.4 Å². The van der Waals surface area contributed by atoms with Gasteiger partial charge in [-0.3, -0.25) is 9.79 Å². The zero-order chi connectivity index (χ0) is 15.0. The van der Waals surface area contributed by atoms with Crippen molar-refractivity contribution < 1.29 is 13.9 Å². The molecule has 1 aromatic rings. The molecule has 0 aliphatic heterocycles. The molecule has 1 atom stereocenters. The van der Waals surface area contributed by atoms with E-state index in [9.17, 15) is 9.18 Å². The highest BCUT2D eigenvalue weighted by atomic mass is 32.1. The Morgan fingerprint density at radius 2 is 2.40 bits per heavy atom. The van der Waals surface area contributed by atoms with Gasteiger partial charge < -0.3 is 21.1 Å². The number of thiazole rings is 1. The molecule has 20 heavy (non-hydrogen) atoms. The number of carbonyl (C=O) groups is 1. The Kier molecular flexibility index (Phi) is 6.88. The molecule has 0 bridgehead atoms. The van der Waals surface area contributed by atoms with E-state index in [0.29, 0.717) is 5.82 Å². The van der Waals surface area contributed by atoms with E-state index in [2.05, 4.69) is 9.98 Å². The summed E-state index contributed by atoms with van der Waals surface area (Å²) < 4.78 is 17.3. The van der Waals surface area contributed by atoms with Gasteiger partial charge in [0.2, 0.25) is 5.91 Å². The summed E-state index contributed by atoms with van der Waals surface area (Å²) in [5.41, 5.74) is 12.2. The van der Waals surface area contributed by atoms with Crippen molar-refractivity contribution in [3.05, 3.63) is 10.9 Å². The molecule has 0 saturated heterocycles. The van der Waals surface area contributed by atoms with Crippen LogP contribution in [0.5, 0.6) is 0 Å². The highest BCUT2D eigenvalue weighted by Gasteiger charge is 2.22. The van der Waals surface area contributed by atoms with Crippen LogP contribution in [0, 0.1) is 0 Å². The van der Waals surface area contributed by atoms with Gasteiger partial charge in [-0.15, -0.1) is 11.3 Å². The maximum Gasteiger partial charge on any atom is 0.242 e. The van der Waals surface area contributed by atoms with Crippen LogP contribution in [0.25, 0.3) is 0 Å². The standard InChI is InChI=1S/C11H18FN5O2S/c1-17(10-6-20-7-16-10)8(11(14)18)5-19-3-2-15-9(13)4-12/h6-8H,2-5H2,1H3,(H2,13,15)(H2,14,18)/t8-/m0/s1. The van der Waals surface area contributed by atoms with E-state index in [0.717, 1.165) is 0 Å². The van der Waals surface area contributed by atoms with E-state index in [4.69, 9.17) is 16.2 Å². The lowest BCUT2D eigenvalue weighted by Gasteiger charge is -2.25. The van der Waals surface area contributed by atoms with Gasteiger partial charge in [0, 0.05) is 12.4 Å². The summed E-state index contributed by atoms with van der Waals surface area (Å²) >= 11 is 1.42. The number of rotatable bonds is 9. The molecule has 0 aromatic carbocycles. The number of amidine groups is 1. The van der Waals surface area contributed by atoms with E-state index < -0.39 is 18.6 Å². The van der Waals surface area contributed by atoms with E-state index in [1.54, 1.807) is 17.5 Å². The Morgan fingerprint density at radius 3 is 2.95 bits per heavy atom. The highest BCUT2D eigenvalue weighted by molar-refractivity contribution is 7.07. The SMILES string of the molecule is CN(c1cscn1)[C@@H](COCCN=C(N)CF)C(N)=O. The second kappa shape index (κ2) is 8.43. The zero-order valence-corrected chi connectivity index (χ0v) is 12.0. The zero-order valence-electron chi connectivity index (χ0n) is 11.2. The normalized spacial score (nSPS) is 13.2. The quantitative estimate of drug-likeness (QED) is 0.372. The largest absolute Gasteiger partial charge is 0.385 e. The van der Waals surface area contributed by atoms with Crippen LogP contribution in [0.3, 0.4) is 0 Å². The van der Waals surface area contributed by atoms with E-state index in [-0.39, 0.29) is 25.6 Å². The van der Waals surface area contributed by atoms with Crippen molar-refractivity contribution in [1.82, 2.24) is 4.98 Å². The minimum Gasteiger partial charge on any atom is -0.385 e. The fourth-order valence-corrected chi connectivity index (χ4v) is 1.99. The average Bonchev–Trinajstić information content (AvgIpc) is 2.95. The molecule has 9 heteroatoms. The van der Waals surface area contributed by atoms with E-state index >= 15 is 0 Å². The number of ether oxygens (including phenoxy) is 1. The van der Waals surface area contributed by atoms with E-state index in [1.807, 2.05) is 5.38 Å². The Balaban J connectivity index is 2.42. The summed E-state index contributed by atoms with van der Waals surface area (Å²) in [5.74, 6) is 0.0778. The number of primary amides is 1. The molecule has 1 rings (SSSR count). The number of aliphatic imine (C=N–C) groups is 1. The van der Waals surface area contributed by atoms with Crippen molar-refractivity contribution in [3.8, 4) is 0 Å². The molecule has 1 amide bonds. The van der Waals surface area contributed by atoms with Crippen molar-refractivity contribution >= 4 is 28.9 Å². The lowest BCUT2D eigenvalue weighted by atomic mass is 10.2. The highest BCUT2D eigenvalue weighted by Crippen LogP contribution is 2.14. The number of carbonyl (C=O) groups excluding carboxylic acids is 1.